The summed E-state index contributed by atoms with van der Waals surface area (Å²) >= 11 is 0. The number of nitrogens with zero attached hydrogens (tertiary/aromatic N) is 2. The van der Waals surface area contributed by atoms with Crippen LogP contribution >= 0.6 is 0 Å². The lowest BCUT2D eigenvalue weighted by atomic mass is 10.3. The van der Waals surface area contributed by atoms with Crippen LogP contribution in [0.3, 0.4) is 0 Å². The Balaban J connectivity index is 0.00000127. The first kappa shape index (κ1) is 18.7. The molecule has 0 atom stereocenters. The molecule has 2 rings (SSSR count). The normalized spacial score (nSPS) is 11.6. The van der Waals surface area contributed by atoms with E-state index in [0.717, 1.165) is 23.9 Å². The number of esters is 1. The molecule has 0 bridgehead atoms. The van der Waals surface area contributed by atoms with Crippen molar-refractivity contribution in [2.75, 3.05) is 7.11 Å². The Hall–Kier alpha value is -2.30. The summed E-state index contributed by atoms with van der Waals surface area (Å²) in [5.74, 6) is -1.45. The largest absolute Gasteiger partial charge is 0.534 e. The SMILES string of the molecule is CC.COC(=O)c1ccc2cc(OS(=O)(=O)C(F)(F)F)nn2c1. The van der Waals surface area contributed by atoms with Crippen molar-refractivity contribution < 1.29 is 35.3 Å². The first-order valence-electron chi connectivity index (χ1n) is 6.22. The first-order chi connectivity index (χ1) is 10.6. The lowest BCUT2D eigenvalue weighted by Gasteiger charge is -2.06. The third-order valence-electron chi connectivity index (χ3n) is 2.34. The summed E-state index contributed by atoms with van der Waals surface area (Å²) in [5.41, 5.74) is -5.24. The van der Waals surface area contributed by atoms with Crippen molar-refractivity contribution in [1.29, 1.82) is 0 Å². The second-order valence-corrected chi connectivity index (χ2v) is 5.28. The van der Waals surface area contributed by atoms with Gasteiger partial charge < -0.3 is 8.92 Å². The Bertz CT molecular complexity index is 799. The minimum atomic E-state index is -5.80. The Labute approximate surface area is 129 Å². The molecule has 0 saturated heterocycles. The highest BCUT2D eigenvalue weighted by molar-refractivity contribution is 7.87. The molecule has 0 saturated carbocycles. The fraction of sp³-hybridized carbons (Fsp3) is 0.333. The molecule has 0 aliphatic heterocycles. The van der Waals surface area contributed by atoms with Gasteiger partial charge in [-0.1, -0.05) is 13.8 Å². The van der Waals surface area contributed by atoms with E-state index >= 15 is 0 Å². The van der Waals surface area contributed by atoms with Crippen LogP contribution in [0.1, 0.15) is 24.2 Å². The zero-order chi connectivity index (χ0) is 17.8. The van der Waals surface area contributed by atoms with Crippen LogP contribution < -0.4 is 4.18 Å². The number of ether oxygens (including phenoxy) is 1. The topological polar surface area (TPSA) is 87.0 Å². The summed E-state index contributed by atoms with van der Waals surface area (Å²) in [4.78, 5) is 11.3. The number of methoxy groups -OCH3 is 1. The van der Waals surface area contributed by atoms with Gasteiger partial charge in [0.2, 0.25) is 0 Å². The lowest BCUT2D eigenvalue weighted by Crippen LogP contribution is -2.28. The van der Waals surface area contributed by atoms with Crippen LogP contribution in [-0.4, -0.2) is 36.6 Å². The average Bonchev–Trinajstić information content (AvgIpc) is 2.87. The molecule has 7 nitrogen and oxygen atoms in total. The maximum absolute atomic E-state index is 12.2. The minimum Gasteiger partial charge on any atom is -0.465 e. The maximum Gasteiger partial charge on any atom is 0.534 e. The number of fused-ring (bicyclic) bond motifs is 1. The third kappa shape index (κ3) is 4.12. The third-order valence-corrected chi connectivity index (χ3v) is 3.29. The summed E-state index contributed by atoms with van der Waals surface area (Å²) in [6, 6.07) is 3.65. The number of hydrogen-bond donors (Lipinski definition) is 0. The number of pyridine rings is 1. The highest BCUT2D eigenvalue weighted by Gasteiger charge is 2.49. The van der Waals surface area contributed by atoms with E-state index in [1.165, 1.54) is 12.1 Å². The monoisotopic (exact) mass is 354 g/mol. The van der Waals surface area contributed by atoms with Gasteiger partial charge in [-0.15, -0.1) is 5.10 Å². The Morgan fingerprint density at radius 1 is 1.26 bits per heavy atom. The van der Waals surface area contributed by atoms with E-state index in [1.54, 1.807) is 0 Å². The molecule has 0 radical (unpaired) electrons. The van der Waals surface area contributed by atoms with Crippen LogP contribution in [0.2, 0.25) is 0 Å². The number of halogens is 3. The van der Waals surface area contributed by atoms with Crippen molar-refractivity contribution in [2.24, 2.45) is 0 Å². The van der Waals surface area contributed by atoms with Gasteiger partial charge in [-0.3, -0.25) is 0 Å². The molecule has 2 heterocycles. The first-order valence-corrected chi connectivity index (χ1v) is 7.63. The highest BCUT2D eigenvalue weighted by atomic mass is 32.2. The number of carbonyl (C=O) groups excluding carboxylic acids is 1. The molecule has 2 aromatic rings. The molecule has 0 spiro atoms. The van der Waals surface area contributed by atoms with Gasteiger partial charge >= 0.3 is 21.6 Å². The van der Waals surface area contributed by atoms with Crippen LogP contribution in [0.5, 0.6) is 5.88 Å². The quantitative estimate of drug-likeness (QED) is 0.478. The van der Waals surface area contributed by atoms with E-state index in [0.29, 0.717) is 0 Å². The average molecular weight is 354 g/mol. The molecule has 11 heteroatoms. The van der Waals surface area contributed by atoms with Crippen molar-refractivity contribution in [3.63, 3.8) is 0 Å². The fourth-order valence-electron chi connectivity index (χ4n) is 1.40. The van der Waals surface area contributed by atoms with Gasteiger partial charge in [0.15, 0.2) is 0 Å². The van der Waals surface area contributed by atoms with E-state index in [4.69, 9.17) is 0 Å². The van der Waals surface area contributed by atoms with Crippen molar-refractivity contribution >= 4 is 21.6 Å². The molecule has 0 N–H and O–H groups in total. The van der Waals surface area contributed by atoms with Gasteiger partial charge in [0.05, 0.1) is 18.2 Å². The minimum absolute atomic E-state index is 0.0818. The van der Waals surface area contributed by atoms with Crippen LogP contribution in [-0.2, 0) is 14.9 Å². The standard InChI is InChI=1S/C10H7F3N2O5S.C2H6/c1-19-9(16)6-2-3-7-4-8(14-15(7)5-6)20-21(17,18)10(11,12)13;1-2/h2-5H,1H3;1-2H3. The smallest absolute Gasteiger partial charge is 0.465 e. The van der Waals surface area contributed by atoms with Crippen LogP contribution in [0.25, 0.3) is 5.52 Å². The zero-order valence-electron chi connectivity index (χ0n) is 12.3. The summed E-state index contributed by atoms with van der Waals surface area (Å²) in [6.45, 7) is 4.00. The van der Waals surface area contributed by atoms with Gasteiger partial charge in [0.25, 0.3) is 5.88 Å². The molecule has 2 aromatic heterocycles. The molecule has 23 heavy (non-hydrogen) atoms. The second kappa shape index (κ2) is 6.86. The number of aromatic nitrogens is 2. The summed E-state index contributed by atoms with van der Waals surface area (Å²) in [7, 11) is -4.64. The number of rotatable bonds is 3. The van der Waals surface area contributed by atoms with Gasteiger partial charge in [-0.2, -0.15) is 21.6 Å². The molecule has 0 fully saturated rings. The van der Waals surface area contributed by atoms with E-state index in [9.17, 15) is 26.4 Å². The summed E-state index contributed by atoms with van der Waals surface area (Å²) in [5, 5.41) is 3.50. The molecule has 128 valence electrons. The molecule has 0 aliphatic rings. The molecule has 0 amide bonds. The second-order valence-electron chi connectivity index (χ2n) is 3.74. The Kier molecular flexibility index (Phi) is 5.59. The molecule has 0 aromatic carbocycles. The molecule has 0 aliphatic carbocycles. The van der Waals surface area contributed by atoms with Gasteiger partial charge in [-0.05, 0) is 12.1 Å². The molecular formula is C12H13F3N2O5S. The van der Waals surface area contributed by atoms with Crippen molar-refractivity contribution in [2.45, 2.75) is 19.4 Å². The number of alkyl halides is 3. The number of hydrogen-bond acceptors (Lipinski definition) is 6. The Morgan fingerprint density at radius 3 is 2.39 bits per heavy atom. The van der Waals surface area contributed by atoms with Crippen molar-refractivity contribution in [3.05, 3.63) is 30.0 Å². The predicted octanol–water partition coefficient (Wildman–Crippen LogP) is 2.38. The summed E-state index contributed by atoms with van der Waals surface area (Å²) < 4.78 is 67.6. The predicted molar refractivity (Wildman–Crippen MR) is 73.5 cm³/mol. The van der Waals surface area contributed by atoms with Crippen molar-refractivity contribution in [1.82, 2.24) is 9.61 Å². The fourth-order valence-corrected chi connectivity index (χ4v) is 1.80. The summed E-state index contributed by atoms with van der Waals surface area (Å²) in [6.07, 6.45) is 1.16. The molecular weight excluding hydrogens is 341 g/mol. The van der Waals surface area contributed by atoms with Crippen LogP contribution in [0.4, 0.5) is 13.2 Å². The van der Waals surface area contributed by atoms with E-state index < -0.39 is 27.5 Å². The van der Waals surface area contributed by atoms with E-state index in [1.807, 2.05) is 13.8 Å². The van der Waals surface area contributed by atoms with Gasteiger partial charge in [-0.25, -0.2) is 9.31 Å². The number of carbonyl (C=O) groups is 1. The Morgan fingerprint density at radius 2 is 1.87 bits per heavy atom. The zero-order valence-corrected chi connectivity index (χ0v) is 13.1. The van der Waals surface area contributed by atoms with Crippen LogP contribution in [0, 0.1) is 0 Å². The van der Waals surface area contributed by atoms with Gasteiger partial charge in [0.1, 0.15) is 0 Å². The van der Waals surface area contributed by atoms with E-state index in [-0.39, 0.29) is 11.1 Å². The van der Waals surface area contributed by atoms with Crippen LogP contribution in [0.15, 0.2) is 24.4 Å². The van der Waals surface area contributed by atoms with E-state index in [2.05, 4.69) is 14.0 Å². The molecule has 0 unspecified atom stereocenters. The maximum atomic E-state index is 12.2. The lowest BCUT2D eigenvalue weighted by molar-refractivity contribution is -0.0501. The highest BCUT2D eigenvalue weighted by Crippen LogP contribution is 2.26. The van der Waals surface area contributed by atoms with Gasteiger partial charge in [0, 0.05) is 12.3 Å². The van der Waals surface area contributed by atoms with Crippen molar-refractivity contribution in [3.8, 4) is 5.88 Å².